The molecule has 0 atom stereocenters. The summed E-state index contributed by atoms with van der Waals surface area (Å²) in [7, 11) is 0. The maximum absolute atomic E-state index is 13.6. The smallest absolute Gasteiger partial charge is 0.206 e. The number of hydrogen-bond acceptors (Lipinski definition) is 5. The highest BCUT2D eigenvalue weighted by molar-refractivity contribution is 6.30. The lowest BCUT2D eigenvalue weighted by molar-refractivity contribution is 0.627. The molecular weight excluding hydrogens is 434 g/mol. The van der Waals surface area contributed by atoms with Crippen LogP contribution in [0, 0.1) is 29.7 Å². The molecule has 3 aromatic carbocycles. The zero-order valence-corrected chi connectivity index (χ0v) is 17.4. The molecule has 1 aromatic heterocycles. The molecule has 5 rings (SSSR count). The molecule has 34 heavy (non-hydrogen) atoms. The average Bonchev–Trinajstić information content (AvgIpc) is 2.86. The Morgan fingerprint density at radius 1 is 0.706 bits per heavy atom. The molecule has 1 heterocycles. The molecule has 0 unspecified atom stereocenters. The number of hydrogen-bond donors (Lipinski definition) is 0. The van der Waals surface area contributed by atoms with Crippen LogP contribution in [-0.4, -0.2) is 21.4 Å². The van der Waals surface area contributed by atoms with Crippen molar-refractivity contribution in [1.29, 1.82) is 5.26 Å². The first-order chi connectivity index (χ1) is 16.6. The lowest BCUT2D eigenvalue weighted by Gasteiger charge is -2.21. The van der Waals surface area contributed by atoms with Gasteiger partial charge in [-0.2, -0.15) is 16.8 Å². The molecule has 0 saturated heterocycles. The van der Waals surface area contributed by atoms with Crippen LogP contribution in [0.4, 0.5) is 8.78 Å². The van der Waals surface area contributed by atoms with Gasteiger partial charge in [0.15, 0.2) is 5.71 Å². The van der Waals surface area contributed by atoms with E-state index >= 15 is 0 Å². The molecule has 0 aliphatic heterocycles. The van der Waals surface area contributed by atoms with E-state index in [1.807, 2.05) is 6.19 Å². The Bertz CT molecular complexity index is 1450. The zero-order chi connectivity index (χ0) is 23.7. The van der Waals surface area contributed by atoms with E-state index in [-0.39, 0.29) is 11.4 Å². The first kappa shape index (κ1) is 20.8. The van der Waals surface area contributed by atoms with E-state index in [9.17, 15) is 14.0 Å². The van der Waals surface area contributed by atoms with Crippen LogP contribution in [-0.2, 0) is 0 Å². The molecule has 0 spiro atoms. The van der Waals surface area contributed by atoms with Crippen LogP contribution in [0.1, 0.15) is 22.5 Å². The van der Waals surface area contributed by atoms with E-state index < -0.39 is 11.6 Å². The predicted molar refractivity (Wildman–Crippen MR) is 123 cm³/mol. The Morgan fingerprint density at radius 3 is 1.65 bits per heavy atom. The Labute approximate surface area is 193 Å². The van der Waals surface area contributed by atoms with Gasteiger partial charge >= 0.3 is 0 Å². The van der Waals surface area contributed by atoms with Crippen molar-refractivity contribution in [2.75, 3.05) is 0 Å². The normalized spacial score (nSPS) is 14.2. The fraction of sp³-hybridized carbons (Fsp3) is 0. The third-order valence-electron chi connectivity index (χ3n) is 5.33. The van der Waals surface area contributed by atoms with Crippen molar-refractivity contribution in [3.8, 4) is 28.7 Å². The molecule has 0 amide bonds. The van der Waals surface area contributed by atoms with Gasteiger partial charge in [0.1, 0.15) is 28.7 Å². The Hall–Kier alpha value is -5.08. The van der Waals surface area contributed by atoms with Gasteiger partial charge in [0.05, 0.1) is 16.5 Å². The Morgan fingerprint density at radius 2 is 1.18 bits per heavy atom. The summed E-state index contributed by atoms with van der Waals surface area (Å²) in [5, 5.41) is 13.4. The molecule has 1 aliphatic carbocycles. The number of aromatic nitrogens is 2. The summed E-state index contributed by atoms with van der Waals surface area (Å²) >= 11 is 0. The number of benzene rings is 3. The number of nitriles is 1. The summed E-state index contributed by atoms with van der Waals surface area (Å²) in [5.74, 6) is -0.823. The third kappa shape index (κ3) is 3.50. The van der Waals surface area contributed by atoms with Gasteiger partial charge in [-0.1, -0.05) is 24.3 Å². The summed E-state index contributed by atoms with van der Waals surface area (Å²) in [6.45, 7) is 7.32. The van der Waals surface area contributed by atoms with E-state index in [2.05, 4.69) is 15.0 Å². The second-order valence-corrected chi connectivity index (χ2v) is 7.29. The van der Waals surface area contributed by atoms with Crippen LogP contribution in [0.25, 0.3) is 27.5 Å². The van der Waals surface area contributed by atoms with Gasteiger partial charge in [-0.3, -0.25) is 0 Å². The van der Waals surface area contributed by atoms with E-state index in [0.29, 0.717) is 45.1 Å². The van der Waals surface area contributed by atoms with Gasteiger partial charge in [0.25, 0.3) is 0 Å². The maximum Gasteiger partial charge on any atom is 0.206 e. The molecule has 0 saturated carbocycles. The van der Waals surface area contributed by atoms with Crippen LogP contribution in [0.15, 0.2) is 82.9 Å². The van der Waals surface area contributed by atoms with Gasteiger partial charge in [-0.15, -0.1) is 4.95 Å². The van der Waals surface area contributed by atoms with Crippen LogP contribution < -0.4 is 0 Å². The van der Waals surface area contributed by atoms with Gasteiger partial charge in [-0.25, -0.2) is 18.7 Å². The standard InChI is InChI=1S/C26H12F2N6/c1-30-34-24-20-5-3-2-4-19(20)23(31-14-29)25-26(24)33-22(16-8-12-18(28)13-9-16)21(32-25)15-6-10-17(27)11-7-15/h2-13H/b31-23?,34-24+. The molecule has 0 radical (unpaired) electrons. The highest BCUT2D eigenvalue weighted by atomic mass is 19.1. The second-order valence-electron chi connectivity index (χ2n) is 7.29. The lowest BCUT2D eigenvalue weighted by atomic mass is 9.87. The maximum atomic E-state index is 13.6. The van der Waals surface area contributed by atoms with Crippen LogP contribution in [0.5, 0.6) is 0 Å². The molecular formula is C26H12F2N6. The van der Waals surface area contributed by atoms with Crippen molar-refractivity contribution >= 4 is 11.4 Å². The van der Waals surface area contributed by atoms with Gasteiger partial charge < -0.3 is 0 Å². The van der Waals surface area contributed by atoms with Crippen molar-refractivity contribution in [1.82, 2.24) is 9.97 Å². The molecule has 4 aromatic rings. The quantitative estimate of drug-likeness (QED) is 0.207. The molecule has 160 valence electrons. The van der Waals surface area contributed by atoms with Crippen molar-refractivity contribution in [2.24, 2.45) is 10.1 Å². The minimum Gasteiger partial charge on any atom is -0.241 e. The summed E-state index contributed by atoms with van der Waals surface area (Å²) < 4.78 is 27.3. The summed E-state index contributed by atoms with van der Waals surface area (Å²) in [6.07, 6.45) is 1.81. The first-order valence-electron chi connectivity index (χ1n) is 10.1. The fourth-order valence-electron chi connectivity index (χ4n) is 3.85. The summed E-state index contributed by atoms with van der Waals surface area (Å²) in [4.78, 5) is 16.8. The molecule has 0 N–H and O–H groups in total. The second kappa shape index (κ2) is 8.45. The third-order valence-corrected chi connectivity index (χ3v) is 5.33. The monoisotopic (exact) mass is 446 g/mol. The van der Waals surface area contributed by atoms with Gasteiger partial charge in [-0.05, 0) is 48.5 Å². The average molecular weight is 446 g/mol. The molecule has 1 aliphatic rings. The fourth-order valence-corrected chi connectivity index (χ4v) is 3.85. The number of rotatable bonds is 2. The zero-order valence-electron chi connectivity index (χ0n) is 17.4. The van der Waals surface area contributed by atoms with E-state index in [4.69, 9.17) is 16.5 Å². The van der Waals surface area contributed by atoms with Gasteiger partial charge in [0, 0.05) is 22.3 Å². The van der Waals surface area contributed by atoms with Crippen molar-refractivity contribution in [3.63, 3.8) is 0 Å². The van der Waals surface area contributed by atoms with Crippen LogP contribution in [0.3, 0.4) is 0 Å². The largest absolute Gasteiger partial charge is 0.241 e. The minimum atomic E-state index is -0.412. The van der Waals surface area contributed by atoms with Crippen LogP contribution >= 0.6 is 0 Å². The number of fused-ring (bicyclic) bond motifs is 2. The first-order valence-corrected chi connectivity index (χ1v) is 10.1. The van der Waals surface area contributed by atoms with Crippen LogP contribution in [0.2, 0.25) is 0 Å². The Kier molecular flexibility index (Phi) is 5.17. The highest BCUT2D eigenvalue weighted by Gasteiger charge is 2.33. The molecule has 0 bridgehead atoms. The summed E-state index contributed by atoms with van der Waals surface area (Å²) in [6, 6.07) is 18.6. The van der Waals surface area contributed by atoms with E-state index in [1.165, 1.54) is 24.3 Å². The van der Waals surface area contributed by atoms with Crippen molar-refractivity contribution in [2.45, 2.75) is 0 Å². The molecule has 0 fully saturated rings. The van der Waals surface area contributed by atoms with Crippen molar-refractivity contribution < 1.29 is 8.78 Å². The minimum absolute atomic E-state index is 0.271. The lowest BCUT2D eigenvalue weighted by Crippen LogP contribution is -2.25. The molecule has 8 heteroatoms. The number of nitrogens with zero attached hydrogens (tertiary/aromatic N) is 6. The van der Waals surface area contributed by atoms with E-state index in [1.54, 1.807) is 48.5 Å². The van der Waals surface area contributed by atoms with E-state index in [0.717, 1.165) is 0 Å². The number of halogens is 2. The summed E-state index contributed by atoms with van der Waals surface area (Å²) in [5.41, 5.74) is 4.21. The molecule has 6 nitrogen and oxygen atoms in total. The van der Waals surface area contributed by atoms with Crippen molar-refractivity contribution in [3.05, 3.63) is 118 Å². The highest BCUT2D eigenvalue weighted by Crippen LogP contribution is 2.34. The number of aliphatic imine (C=N–C) groups is 1. The van der Waals surface area contributed by atoms with Gasteiger partial charge in [0.2, 0.25) is 6.19 Å². The Balaban J connectivity index is 1.88. The topological polar surface area (TPSA) is 78.6 Å². The predicted octanol–water partition coefficient (Wildman–Crippen LogP) is 5.39. The SMILES string of the molecule is [C-]#[N+]/N=C1\c2ccccc2C(=NC#N)c2nc(-c3ccc(F)cc3)c(-c3ccc(F)cc3)nc21.